The second-order valence-corrected chi connectivity index (χ2v) is 7.54. The van der Waals surface area contributed by atoms with Crippen LogP contribution in [-0.2, 0) is 29.9 Å². The van der Waals surface area contributed by atoms with Crippen LogP contribution in [0.1, 0.15) is 22.3 Å². The van der Waals surface area contributed by atoms with Gasteiger partial charge in [-0.15, -0.1) is 0 Å². The van der Waals surface area contributed by atoms with Gasteiger partial charge in [-0.25, -0.2) is 9.59 Å². The number of methoxy groups -OCH3 is 1. The normalized spacial score (nSPS) is 17.6. The number of hydrogen-bond acceptors (Lipinski definition) is 9. The highest BCUT2D eigenvalue weighted by Gasteiger charge is 2.34. The molecule has 0 aliphatic carbocycles. The molecule has 2 atom stereocenters. The quantitative estimate of drug-likeness (QED) is 0.281. The first-order chi connectivity index (χ1) is 16.5. The van der Waals surface area contributed by atoms with Gasteiger partial charge in [0.25, 0.3) is 5.69 Å². The molecule has 1 aliphatic heterocycles. The van der Waals surface area contributed by atoms with Crippen LogP contribution in [0, 0.1) is 10.1 Å². The second kappa shape index (κ2) is 10.9. The highest BCUT2D eigenvalue weighted by Crippen LogP contribution is 2.37. The van der Waals surface area contributed by atoms with Crippen LogP contribution >= 0.6 is 11.6 Å². The summed E-state index contributed by atoms with van der Waals surface area (Å²) in [4.78, 5) is 34.7. The lowest BCUT2D eigenvalue weighted by atomic mass is 10.1. The summed E-state index contributed by atoms with van der Waals surface area (Å²) in [7, 11) is 1.31. The molecule has 3 rings (SSSR count). The summed E-state index contributed by atoms with van der Waals surface area (Å²) in [6.07, 6.45) is -6.47. The average molecular weight is 520 g/mol. The van der Waals surface area contributed by atoms with E-state index in [-0.39, 0.29) is 36.2 Å². The van der Waals surface area contributed by atoms with Crippen LogP contribution in [0.5, 0.6) is 11.5 Å². The minimum absolute atomic E-state index is 0.00759. The Balaban J connectivity index is 1.74. The Morgan fingerprint density at radius 3 is 2.57 bits per heavy atom. The molecule has 1 fully saturated rings. The number of esters is 2. The summed E-state index contributed by atoms with van der Waals surface area (Å²) < 4.78 is 64.0. The number of nitro groups is 1. The molecule has 2 aromatic carbocycles. The number of halogens is 4. The largest absolute Gasteiger partial charge is 0.458 e. The van der Waals surface area contributed by atoms with E-state index in [1.807, 2.05) is 0 Å². The van der Waals surface area contributed by atoms with Crippen LogP contribution < -0.4 is 4.74 Å². The molecule has 0 N–H and O–H groups in total. The Labute approximate surface area is 200 Å². The standard InChI is InChI=1S/C21H17ClF3NO9/c1-31-10-18(27)34-13-8-19(32-9-13)35-20(28)14-7-12(3-4-16(14)26(29)30)33-17-5-2-11(6-15(17)22)21(23,24)25/h2-7,13,19H,8-10H2,1H3. The number of hydrogen-bond donors (Lipinski definition) is 0. The summed E-state index contributed by atoms with van der Waals surface area (Å²) in [5.41, 5.74) is -2.11. The molecule has 0 amide bonds. The van der Waals surface area contributed by atoms with Gasteiger partial charge in [-0.05, 0) is 24.3 Å². The monoisotopic (exact) mass is 519 g/mol. The molecule has 1 saturated heterocycles. The van der Waals surface area contributed by atoms with Crippen LogP contribution in [0.2, 0.25) is 5.02 Å². The Morgan fingerprint density at radius 1 is 1.20 bits per heavy atom. The van der Waals surface area contributed by atoms with Crippen molar-refractivity contribution in [3.8, 4) is 11.5 Å². The number of nitro benzene ring substituents is 1. The number of carbonyl (C=O) groups excluding carboxylic acids is 2. The zero-order chi connectivity index (χ0) is 25.8. The Hall–Kier alpha value is -3.42. The van der Waals surface area contributed by atoms with Crippen molar-refractivity contribution in [2.24, 2.45) is 0 Å². The minimum Gasteiger partial charge on any atom is -0.458 e. The topological polar surface area (TPSA) is 123 Å². The lowest BCUT2D eigenvalue weighted by molar-refractivity contribution is -0.385. The zero-order valence-corrected chi connectivity index (χ0v) is 18.6. The van der Waals surface area contributed by atoms with Crippen LogP contribution in [0.4, 0.5) is 18.9 Å². The van der Waals surface area contributed by atoms with E-state index in [9.17, 15) is 32.9 Å². The van der Waals surface area contributed by atoms with Gasteiger partial charge in [0.1, 0.15) is 29.8 Å². The summed E-state index contributed by atoms with van der Waals surface area (Å²) in [5, 5.41) is 11.0. The van der Waals surface area contributed by atoms with Crippen LogP contribution in [0.3, 0.4) is 0 Å². The first-order valence-electron chi connectivity index (χ1n) is 9.82. The second-order valence-electron chi connectivity index (χ2n) is 7.13. The third-order valence-corrected chi connectivity index (χ3v) is 4.89. The molecule has 1 heterocycles. The van der Waals surface area contributed by atoms with Gasteiger partial charge in [0, 0.05) is 25.7 Å². The fourth-order valence-corrected chi connectivity index (χ4v) is 3.26. The van der Waals surface area contributed by atoms with E-state index >= 15 is 0 Å². The smallest absolute Gasteiger partial charge is 0.416 e. The molecule has 10 nitrogen and oxygen atoms in total. The van der Waals surface area contributed by atoms with Gasteiger partial charge in [0.15, 0.2) is 0 Å². The van der Waals surface area contributed by atoms with Gasteiger partial charge in [-0.3, -0.25) is 10.1 Å². The number of carbonyl (C=O) groups is 2. The first kappa shape index (κ1) is 26.2. The van der Waals surface area contributed by atoms with Crippen molar-refractivity contribution in [2.75, 3.05) is 20.3 Å². The highest BCUT2D eigenvalue weighted by atomic mass is 35.5. The molecule has 1 aliphatic rings. The van der Waals surface area contributed by atoms with Crippen molar-refractivity contribution < 1.29 is 51.4 Å². The molecule has 0 spiro atoms. The van der Waals surface area contributed by atoms with Crippen molar-refractivity contribution in [3.63, 3.8) is 0 Å². The van der Waals surface area contributed by atoms with Crippen molar-refractivity contribution in [3.05, 3.63) is 62.7 Å². The fraction of sp³-hybridized carbons (Fsp3) is 0.333. The Kier molecular flexibility index (Phi) is 8.14. The molecule has 0 radical (unpaired) electrons. The maximum Gasteiger partial charge on any atom is 0.416 e. The molecular weight excluding hydrogens is 503 g/mol. The van der Waals surface area contributed by atoms with E-state index in [1.54, 1.807) is 0 Å². The average Bonchev–Trinajstić information content (AvgIpc) is 3.20. The number of benzene rings is 2. The van der Waals surface area contributed by atoms with Crippen molar-refractivity contribution in [1.82, 2.24) is 0 Å². The highest BCUT2D eigenvalue weighted by molar-refractivity contribution is 6.32. The van der Waals surface area contributed by atoms with Gasteiger partial charge in [-0.1, -0.05) is 11.6 Å². The van der Waals surface area contributed by atoms with E-state index in [2.05, 4.69) is 4.74 Å². The molecule has 35 heavy (non-hydrogen) atoms. The fourth-order valence-electron chi connectivity index (χ4n) is 3.04. The maximum atomic E-state index is 12.8. The molecule has 0 bridgehead atoms. The van der Waals surface area contributed by atoms with Crippen LogP contribution in [0.15, 0.2) is 36.4 Å². The van der Waals surface area contributed by atoms with Gasteiger partial charge >= 0.3 is 18.1 Å². The summed E-state index contributed by atoms with van der Waals surface area (Å²) in [6, 6.07) is 5.47. The van der Waals surface area contributed by atoms with Crippen LogP contribution in [0.25, 0.3) is 0 Å². The number of nitrogens with zero attached hydrogens (tertiary/aromatic N) is 1. The van der Waals surface area contributed by atoms with E-state index < -0.39 is 52.2 Å². The minimum atomic E-state index is -4.62. The Morgan fingerprint density at radius 2 is 1.94 bits per heavy atom. The lowest BCUT2D eigenvalue weighted by Crippen LogP contribution is -2.22. The number of rotatable bonds is 8. The molecule has 2 aromatic rings. The molecule has 2 unspecified atom stereocenters. The van der Waals surface area contributed by atoms with Gasteiger partial charge in [0.2, 0.25) is 6.29 Å². The van der Waals surface area contributed by atoms with Crippen molar-refractivity contribution in [2.45, 2.75) is 25.0 Å². The first-order valence-corrected chi connectivity index (χ1v) is 10.2. The summed E-state index contributed by atoms with van der Waals surface area (Å²) >= 11 is 5.87. The van der Waals surface area contributed by atoms with E-state index in [1.165, 1.54) is 7.11 Å². The number of ether oxygens (including phenoxy) is 5. The molecule has 0 aromatic heterocycles. The lowest BCUT2D eigenvalue weighted by Gasteiger charge is -2.13. The number of alkyl halides is 3. The molecular formula is C21H17ClF3NO9. The SMILES string of the molecule is COCC(=O)OC1COC(OC(=O)c2cc(Oc3ccc(C(F)(F)F)cc3Cl)ccc2[N+](=O)[O-])C1. The van der Waals surface area contributed by atoms with Crippen LogP contribution in [-0.4, -0.2) is 49.6 Å². The van der Waals surface area contributed by atoms with Crippen molar-refractivity contribution >= 4 is 29.2 Å². The van der Waals surface area contributed by atoms with E-state index in [0.717, 1.165) is 30.3 Å². The third kappa shape index (κ3) is 6.81. The van der Waals surface area contributed by atoms with E-state index in [4.69, 9.17) is 30.5 Å². The summed E-state index contributed by atoms with van der Waals surface area (Å²) in [6.45, 7) is -0.339. The predicted molar refractivity (Wildman–Crippen MR) is 111 cm³/mol. The molecule has 188 valence electrons. The predicted octanol–water partition coefficient (Wildman–Crippen LogP) is 4.52. The maximum absolute atomic E-state index is 12.8. The van der Waals surface area contributed by atoms with E-state index in [0.29, 0.717) is 6.07 Å². The van der Waals surface area contributed by atoms with Gasteiger partial charge in [0.05, 0.1) is 22.1 Å². The van der Waals surface area contributed by atoms with Crippen molar-refractivity contribution in [1.29, 1.82) is 0 Å². The summed E-state index contributed by atoms with van der Waals surface area (Å²) in [5.74, 6) is -2.07. The zero-order valence-electron chi connectivity index (χ0n) is 17.9. The Bertz CT molecular complexity index is 1130. The third-order valence-electron chi connectivity index (χ3n) is 4.59. The molecule has 0 saturated carbocycles. The molecule has 14 heteroatoms. The van der Waals surface area contributed by atoms with Gasteiger partial charge < -0.3 is 23.7 Å². The van der Waals surface area contributed by atoms with Gasteiger partial charge in [-0.2, -0.15) is 13.2 Å².